The molecule has 106 valence electrons. The van der Waals surface area contributed by atoms with E-state index in [-0.39, 0.29) is 0 Å². The fourth-order valence-electron chi connectivity index (χ4n) is 2.68. The fraction of sp³-hybridized carbons (Fsp3) is 0.625. The Hall–Kier alpha value is -1.06. The maximum Gasteiger partial charge on any atom is 0.0386 e. The Bertz CT molecular complexity index is 368. The van der Waals surface area contributed by atoms with E-state index in [4.69, 9.17) is 0 Å². The van der Waals surface area contributed by atoms with Gasteiger partial charge in [0.2, 0.25) is 0 Å². The Morgan fingerprint density at radius 3 is 2.84 bits per heavy atom. The van der Waals surface area contributed by atoms with Crippen LogP contribution >= 0.6 is 0 Å². The number of hydrogen-bond acceptors (Lipinski definition) is 3. The van der Waals surface area contributed by atoms with E-state index in [9.17, 15) is 0 Å². The minimum atomic E-state index is 0.581. The Balaban J connectivity index is 1.94. The molecule has 1 aromatic carbocycles. The summed E-state index contributed by atoms with van der Waals surface area (Å²) in [5.41, 5.74) is 2.66. The molecule has 0 saturated carbocycles. The van der Waals surface area contributed by atoms with Crippen molar-refractivity contribution in [3.8, 4) is 0 Å². The fourth-order valence-corrected chi connectivity index (χ4v) is 2.68. The van der Waals surface area contributed by atoms with E-state index >= 15 is 0 Å². The van der Waals surface area contributed by atoms with E-state index in [1.165, 1.54) is 30.6 Å². The van der Waals surface area contributed by atoms with Gasteiger partial charge in [0.25, 0.3) is 0 Å². The first-order chi connectivity index (χ1) is 9.31. The van der Waals surface area contributed by atoms with Crippen LogP contribution in [0.2, 0.25) is 0 Å². The summed E-state index contributed by atoms with van der Waals surface area (Å²) in [4.78, 5) is 2.45. The standard InChI is InChI=1S/C16H27N3/c1-3-19(4-2)13-14-7-5-8-15(11-14)18-16-9-6-10-17-12-16/h5,7-8,11,16-18H,3-4,6,9-10,12-13H2,1-2H3. The van der Waals surface area contributed by atoms with Crippen LogP contribution in [0.25, 0.3) is 0 Å². The number of nitrogens with zero attached hydrogens (tertiary/aromatic N) is 1. The predicted molar refractivity (Wildman–Crippen MR) is 82.6 cm³/mol. The number of benzene rings is 1. The Morgan fingerprint density at radius 2 is 2.16 bits per heavy atom. The summed E-state index contributed by atoms with van der Waals surface area (Å²) < 4.78 is 0. The van der Waals surface area contributed by atoms with Crippen molar-refractivity contribution < 1.29 is 0 Å². The zero-order valence-electron chi connectivity index (χ0n) is 12.3. The van der Waals surface area contributed by atoms with Gasteiger partial charge < -0.3 is 10.6 Å². The lowest BCUT2D eigenvalue weighted by Crippen LogP contribution is -2.38. The molecule has 1 fully saturated rings. The maximum absolute atomic E-state index is 3.65. The van der Waals surface area contributed by atoms with E-state index in [0.29, 0.717) is 6.04 Å². The van der Waals surface area contributed by atoms with Crippen LogP contribution in [-0.4, -0.2) is 37.1 Å². The Morgan fingerprint density at radius 1 is 1.32 bits per heavy atom. The molecule has 1 aliphatic heterocycles. The first-order valence-corrected chi connectivity index (χ1v) is 7.60. The van der Waals surface area contributed by atoms with E-state index in [1.54, 1.807) is 0 Å². The molecule has 0 radical (unpaired) electrons. The molecular weight excluding hydrogens is 234 g/mol. The smallest absolute Gasteiger partial charge is 0.0386 e. The second kappa shape index (κ2) is 7.51. The van der Waals surface area contributed by atoms with Gasteiger partial charge in [-0.2, -0.15) is 0 Å². The third kappa shape index (κ3) is 4.51. The van der Waals surface area contributed by atoms with Gasteiger partial charge in [0.1, 0.15) is 0 Å². The van der Waals surface area contributed by atoms with Crippen molar-refractivity contribution in [2.75, 3.05) is 31.5 Å². The molecule has 1 unspecified atom stereocenters. The molecular formula is C16H27N3. The molecule has 0 bridgehead atoms. The molecule has 0 spiro atoms. The lowest BCUT2D eigenvalue weighted by atomic mass is 10.1. The lowest BCUT2D eigenvalue weighted by Gasteiger charge is -2.25. The normalized spacial score (nSPS) is 19.6. The molecule has 0 aliphatic carbocycles. The van der Waals surface area contributed by atoms with Gasteiger partial charge in [-0.05, 0) is 50.2 Å². The number of piperidine rings is 1. The van der Waals surface area contributed by atoms with Crippen molar-refractivity contribution >= 4 is 5.69 Å². The van der Waals surface area contributed by atoms with Crippen LogP contribution in [0.3, 0.4) is 0 Å². The van der Waals surface area contributed by atoms with Crippen LogP contribution in [0.1, 0.15) is 32.3 Å². The summed E-state index contributed by atoms with van der Waals surface area (Å²) in [5, 5.41) is 7.10. The van der Waals surface area contributed by atoms with Gasteiger partial charge in [-0.1, -0.05) is 26.0 Å². The molecule has 19 heavy (non-hydrogen) atoms. The molecule has 2 N–H and O–H groups in total. The van der Waals surface area contributed by atoms with Crippen molar-refractivity contribution in [1.82, 2.24) is 10.2 Å². The number of hydrogen-bond donors (Lipinski definition) is 2. The first-order valence-electron chi connectivity index (χ1n) is 7.60. The average Bonchev–Trinajstić information content (AvgIpc) is 2.46. The highest BCUT2D eigenvalue weighted by atomic mass is 15.1. The molecule has 0 aromatic heterocycles. The molecule has 1 aliphatic rings. The number of anilines is 1. The van der Waals surface area contributed by atoms with Gasteiger partial charge in [-0.3, -0.25) is 4.90 Å². The SMILES string of the molecule is CCN(CC)Cc1cccc(NC2CCCNC2)c1. The quantitative estimate of drug-likeness (QED) is 0.824. The van der Waals surface area contributed by atoms with Gasteiger partial charge in [0, 0.05) is 24.8 Å². The number of nitrogens with one attached hydrogen (secondary N) is 2. The molecule has 0 amide bonds. The van der Waals surface area contributed by atoms with E-state index < -0.39 is 0 Å². The molecule has 3 nitrogen and oxygen atoms in total. The molecule has 1 aromatic rings. The van der Waals surface area contributed by atoms with E-state index in [1.807, 2.05) is 0 Å². The summed E-state index contributed by atoms with van der Waals surface area (Å²) in [5.74, 6) is 0. The van der Waals surface area contributed by atoms with Crippen LogP contribution in [0.15, 0.2) is 24.3 Å². The highest BCUT2D eigenvalue weighted by molar-refractivity contribution is 5.46. The lowest BCUT2D eigenvalue weighted by molar-refractivity contribution is 0.296. The molecule has 3 heteroatoms. The van der Waals surface area contributed by atoms with Crippen LogP contribution in [-0.2, 0) is 6.54 Å². The van der Waals surface area contributed by atoms with Gasteiger partial charge in [0.15, 0.2) is 0 Å². The van der Waals surface area contributed by atoms with Gasteiger partial charge >= 0.3 is 0 Å². The van der Waals surface area contributed by atoms with E-state index in [2.05, 4.69) is 53.6 Å². The first kappa shape index (κ1) is 14.4. The van der Waals surface area contributed by atoms with Crippen molar-refractivity contribution in [3.05, 3.63) is 29.8 Å². The number of rotatable bonds is 6. The highest BCUT2D eigenvalue weighted by Gasteiger charge is 2.12. The van der Waals surface area contributed by atoms with E-state index in [0.717, 1.165) is 26.2 Å². The van der Waals surface area contributed by atoms with Crippen LogP contribution in [0.5, 0.6) is 0 Å². The third-order valence-electron chi connectivity index (χ3n) is 3.90. The minimum Gasteiger partial charge on any atom is -0.381 e. The summed E-state index contributed by atoms with van der Waals surface area (Å²) in [6.07, 6.45) is 2.55. The van der Waals surface area contributed by atoms with Crippen molar-refractivity contribution in [3.63, 3.8) is 0 Å². The minimum absolute atomic E-state index is 0.581. The molecule has 1 saturated heterocycles. The largest absolute Gasteiger partial charge is 0.381 e. The van der Waals surface area contributed by atoms with Gasteiger partial charge in [-0.25, -0.2) is 0 Å². The van der Waals surface area contributed by atoms with Crippen LogP contribution in [0, 0.1) is 0 Å². The summed E-state index contributed by atoms with van der Waals surface area (Å²) in [6.45, 7) is 9.96. The van der Waals surface area contributed by atoms with Crippen LogP contribution in [0.4, 0.5) is 5.69 Å². The topological polar surface area (TPSA) is 27.3 Å². The van der Waals surface area contributed by atoms with Gasteiger partial charge in [0.05, 0.1) is 0 Å². The highest BCUT2D eigenvalue weighted by Crippen LogP contribution is 2.15. The zero-order chi connectivity index (χ0) is 13.5. The summed E-state index contributed by atoms with van der Waals surface area (Å²) in [6, 6.07) is 9.45. The van der Waals surface area contributed by atoms with Crippen molar-refractivity contribution in [1.29, 1.82) is 0 Å². The Kier molecular flexibility index (Phi) is 5.67. The molecule has 1 atom stereocenters. The second-order valence-electron chi connectivity index (χ2n) is 5.35. The van der Waals surface area contributed by atoms with Crippen LogP contribution < -0.4 is 10.6 Å². The maximum atomic E-state index is 3.65. The molecule has 1 heterocycles. The average molecular weight is 261 g/mol. The summed E-state index contributed by atoms with van der Waals surface area (Å²) in [7, 11) is 0. The van der Waals surface area contributed by atoms with Gasteiger partial charge in [-0.15, -0.1) is 0 Å². The predicted octanol–water partition coefficient (Wildman–Crippen LogP) is 2.69. The zero-order valence-corrected chi connectivity index (χ0v) is 12.3. The Labute approximate surface area is 117 Å². The monoisotopic (exact) mass is 261 g/mol. The van der Waals surface area contributed by atoms with Crippen molar-refractivity contribution in [2.24, 2.45) is 0 Å². The third-order valence-corrected chi connectivity index (χ3v) is 3.90. The summed E-state index contributed by atoms with van der Waals surface area (Å²) >= 11 is 0. The second-order valence-corrected chi connectivity index (χ2v) is 5.35. The van der Waals surface area contributed by atoms with Crippen molar-refractivity contribution in [2.45, 2.75) is 39.3 Å². The molecule has 2 rings (SSSR count).